The molecule has 1 aromatic rings. The average Bonchev–Trinajstić information content (AvgIpc) is 2.56. The number of rotatable bonds is 3. The van der Waals surface area contributed by atoms with Gasteiger partial charge in [0.1, 0.15) is 0 Å². The average molecular weight is 169 g/mol. The van der Waals surface area contributed by atoms with Gasteiger partial charge in [0, 0.05) is 6.04 Å². The summed E-state index contributed by atoms with van der Waals surface area (Å²) in [6.07, 6.45) is 1.43. The highest BCUT2D eigenvalue weighted by Gasteiger charge is 2.10. The summed E-state index contributed by atoms with van der Waals surface area (Å²) in [7, 11) is 0. The molecule has 0 aliphatic carbocycles. The molecule has 0 bridgehead atoms. The predicted molar refractivity (Wildman–Crippen MR) is 42.7 cm³/mol. The number of furan rings is 1. The number of hydrogen-bond acceptors (Lipinski definition) is 3. The molecule has 1 heterocycles. The van der Waals surface area contributed by atoms with Crippen LogP contribution in [0.15, 0.2) is 22.8 Å². The van der Waals surface area contributed by atoms with Gasteiger partial charge in [0.25, 0.3) is 5.91 Å². The minimum Gasteiger partial charge on any atom is -0.459 e. The highest BCUT2D eigenvalue weighted by Crippen LogP contribution is 1.99. The summed E-state index contributed by atoms with van der Waals surface area (Å²) in [6.45, 7) is 1.63. The molecule has 0 aliphatic heterocycles. The van der Waals surface area contributed by atoms with Crippen LogP contribution in [0.1, 0.15) is 17.5 Å². The zero-order chi connectivity index (χ0) is 8.97. The van der Waals surface area contributed by atoms with E-state index >= 15 is 0 Å². The van der Waals surface area contributed by atoms with Crippen molar-refractivity contribution in [2.45, 2.75) is 13.0 Å². The number of hydrogen-bond donors (Lipinski definition) is 2. The molecule has 1 unspecified atom stereocenters. The maximum absolute atomic E-state index is 11.2. The van der Waals surface area contributed by atoms with Crippen molar-refractivity contribution in [2.75, 3.05) is 6.61 Å². The molecule has 1 rings (SSSR count). The highest BCUT2D eigenvalue weighted by atomic mass is 16.3. The SMILES string of the molecule is CC(CO)NC(=O)c1ccco1. The van der Waals surface area contributed by atoms with E-state index in [1.165, 1.54) is 6.26 Å². The third kappa shape index (κ3) is 2.10. The van der Waals surface area contributed by atoms with Gasteiger partial charge in [-0.25, -0.2) is 0 Å². The molecule has 0 aliphatic rings. The molecule has 0 fully saturated rings. The number of amides is 1. The van der Waals surface area contributed by atoms with Gasteiger partial charge in [0.2, 0.25) is 0 Å². The first-order valence-corrected chi connectivity index (χ1v) is 3.69. The Hall–Kier alpha value is -1.29. The molecular weight excluding hydrogens is 158 g/mol. The predicted octanol–water partition coefficient (Wildman–Crippen LogP) is 0.390. The van der Waals surface area contributed by atoms with Crippen LogP contribution in [0, 0.1) is 0 Å². The van der Waals surface area contributed by atoms with Gasteiger partial charge < -0.3 is 14.8 Å². The molecule has 0 aromatic carbocycles. The fourth-order valence-electron chi connectivity index (χ4n) is 0.748. The molecule has 0 saturated carbocycles. The Balaban J connectivity index is 2.50. The molecule has 4 heteroatoms. The monoisotopic (exact) mass is 169 g/mol. The van der Waals surface area contributed by atoms with Gasteiger partial charge in [0.05, 0.1) is 12.9 Å². The molecule has 1 atom stereocenters. The summed E-state index contributed by atoms with van der Waals surface area (Å²) in [4.78, 5) is 11.2. The quantitative estimate of drug-likeness (QED) is 0.688. The van der Waals surface area contributed by atoms with E-state index in [9.17, 15) is 4.79 Å². The van der Waals surface area contributed by atoms with Crippen molar-refractivity contribution >= 4 is 5.91 Å². The van der Waals surface area contributed by atoms with Gasteiger partial charge in [-0.1, -0.05) is 0 Å². The summed E-state index contributed by atoms with van der Waals surface area (Å²) in [5.74, 6) is -0.0446. The first kappa shape index (κ1) is 8.80. The third-order valence-electron chi connectivity index (χ3n) is 1.40. The molecule has 66 valence electrons. The van der Waals surface area contributed by atoms with Crippen LogP contribution in [0.5, 0.6) is 0 Å². The lowest BCUT2D eigenvalue weighted by atomic mass is 10.3. The highest BCUT2D eigenvalue weighted by molar-refractivity contribution is 5.91. The first-order chi connectivity index (χ1) is 5.74. The fourth-order valence-corrected chi connectivity index (χ4v) is 0.748. The first-order valence-electron chi connectivity index (χ1n) is 3.69. The molecular formula is C8H11NO3. The standard InChI is InChI=1S/C8H11NO3/c1-6(5-10)9-8(11)7-3-2-4-12-7/h2-4,6,10H,5H2,1H3,(H,9,11). The van der Waals surface area contributed by atoms with E-state index in [2.05, 4.69) is 5.32 Å². The number of aliphatic hydroxyl groups excluding tert-OH is 1. The van der Waals surface area contributed by atoms with Crippen molar-refractivity contribution in [3.8, 4) is 0 Å². The zero-order valence-electron chi connectivity index (χ0n) is 6.78. The van der Waals surface area contributed by atoms with Crippen LogP contribution >= 0.6 is 0 Å². The van der Waals surface area contributed by atoms with E-state index in [0.29, 0.717) is 0 Å². The van der Waals surface area contributed by atoms with Crippen LogP contribution < -0.4 is 5.32 Å². The number of aliphatic hydroxyl groups is 1. The Kier molecular flexibility index (Phi) is 2.88. The maximum atomic E-state index is 11.2. The van der Waals surface area contributed by atoms with Crippen molar-refractivity contribution in [1.82, 2.24) is 5.32 Å². The Labute approximate surface area is 70.2 Å². The summed E-state index contributed by atoms with van der Waals surface area (Å²) >= 11 is 0. The Morgan fingerprint density at radius 2 is 2.58 bits per heavy atom. The van der Waals surface area contributed by atoms with Crippen molar-refractivity contribution in [3.05, 3.63) is 24.2 Å². The maximum Gasteiger partial charge on any atom is 0.287 e. The van der Waals surface area contributed by atoms with Gasteiger partial charge in [-0.05, 0) is 19.1 Å². The molecule has 4 nitrogen and oxygen atoms in total. The minimum absolute atomic E-state index is 0.0769. The van der Waals surface area contributed by atoms with Crippen molar-refractivity contribution < 1.29 is 14.3 Å². The van der Waals surface area contributed by atoms with E-state index in [1.54, 1.807) is 19.1 Å². The molecule has 1 amide bonds. The molecule has 0 radical (unpaired) electrons. The van der Waals surface area contributed by atoms with E-state index in [1.807, 2.05) is 0 Å². The fraction of sp³-hybridized carbons (Fsp3) is 0.375. The number of carbonyl (C=O) groups excluding carboxylic acids is 1. The van der Waals surface area contributed by atoms with E-state index in [0.717, 1.165) is 0 Å². The lowest BCUT2D eigenvalue weighted by Gasteiger charge is -2.08. The Morgan fingerprint density at radius 1 is 1.83 bits per heavy atom. The normalized spacial score (nSPS) is 12.5. The largest absolute Gasteiger partial charge is 0.459 e. The summed E-state index contributed by atoms with van der Waals surface area (Å²) in [5.41, 5.74) is 0. The van der Waals surface area contributed by atoms with Gasteiger partial charge in [0.15, 0.2) is 5.76 Å². The van der Waals surface area contributed by atoms with Crippen LogP contribution in [-0.4, -0.2) is 23.7 Å². The molecule has 12 heavy (non-hydrogen) atoms. The Bertz CT molecular complexity index is 243. The summed E-state index contributed by atoms with van der Waals surface area (Å²) in [5, 5.41) is 11.2. The molecule has 0 spiro atoms. The molecule has 2 N–H and O–H groups in total. The van der Waals surface area contributed by atoms with Crippen LogP contribution in [0.3, 0.4) is 0 Å². The lowest BCUT2D eigenvalue weighted by Crippen LogP contribution is -2.34. The van der Waals surface area contributed by atoms with Crippen LogP contribution in [0.25, 0.3) is 0 Å². The lowest BCUT2D eigenvalue weighted by molar-refractivity contribution is 0.0894. The van der Waals surface area contributed by atoms with Crippen LogP contribution in [0.2, 0.25) is 0 Å². The van der Waals surface area contributed by atoms with Crippen LogP contribution in [-0.2, 0) is 0 Å². The second-order valence-electron chi connectivity index (χ2n) is 2.53. The Morgan fingerprint density at radius 3 is 3.08 bits per heavy atom. The van der Waals surface area contributed by atoms with Gasteiger partial charge >= 0.3 is 0 Å². The topological polar surface area (TPSA) is 62.5 Å². The zero-order valence-corrected chi connectivity index (χ0v) is 6.78. The number of carbonyl (C=O) groups is 1. The van der Waals surface area contributed by atoms with E-state index < -0.39 is 0 Å². The van der Waals surface area contributed by atoms with Gasteiger partial charge in [-0.2, -0.15) is 0 Å². The molecule has 1 aromatic heterocycles. The van der Waals surface area contributed by atoms with Gasteiger partial charge in [-0.3, -0.25) is 4.79 Å². The second-order valence-corrected chi connectivity index (χ2v) is 2.53. The summed E-state index contributed by atoms with van der Waals surface area (Å²) < 4.78 is 4.85. The van der Waals surface area contributed by atoms with Crippen molar-refractivity contribution in [3.63, 3.8) is 0 Å². The number of nitrogens with one attached hydrogen (secondary N) is 1. The van der Waals surface area contributed by atoms with Crippen molar-refractivity contribution in [1.29, 1.82) is 0 Å². The smallest absolute Gasteiger partial charge is 0.287 e. The van der Waals surface area contributed by atoms with E-state index in [-0.39, 0.29) is 24.3 Å². The van der Waals surface area contributed by atoms with Gasteiger partial charge in [-0.15, -0.1) is 0 Å². The summed E-state index contributed by atoms with van der Waals surface area (Å²) in [6, 6.07) is 2.96. The van der Waals surface area contributed by atoms with E-state index in [4.69, 9.17) is 9.52 Å². The van der Waals surface area contributed by atoms with Crippen LogP contribution in [0.4, 0.5) is 0 Å². The minimum atomic E-state index is -0.304. The van der Waals surface area contributed by atoms with Crippen molar-refractivity contribution in [2.24, 2.45) is 0 Å². The second kappa shape index (κ2) is 3.92. The third-order valence-corrected chi connectivity index (χ3v) is 1.40. The molecule has 0 saturated heterocycles.